The molecule has 1 amide bonds. The maximum atomic E-state index is 12.0. The first-order valence-electron chi connectivity index (χ1n) is 7.93. The SMILES string of the molecule is O=C(NC1CC12CCc1cc(Br)ccc12)OCc1ccccc1. The highest BCUT2D eigenvalue weighted by Gasteiger charge is 2.58. The summed E-state index contributed by atoms with van der Waals surface area (Å²) in [5.74, 6) is 0. The second-order valence-corrected chi connectivity index (χ2v) is 7.34. The molecule has 2 aliphatic carbocycles. The van der Waals surface area contributed by atoms with Crippen molar-refractivity contribution >= 4 is 22.0 Å². The van der Waals surface area contributed by atoms with Crippen LogP contribution in [0.15, 0.2) is 53.0 Å². The van der Waals surface area contributed by atoms with E-state index in [4.69, 9.17) is 4.74 Å². The Morgan fingerprint density at radius 2 is 2.09 bits per heavy atom. The number of halogens is 1. The number of ether oxygens (including phenoxy) is 1. The first-order valence-corrected chi connectivity index (χ1v) is 8.73. The van der Waals surface area contributed by atoms with Crippen molar-refractivity contribution in [3.05, 3.63) is 69.7 Å². The average molecular weight is 372 g/mol. The molecular formula is C19H18BrNO2. The summed E-state index contributed by atoms with van der Waals surface area (Å²) in [5, 5.41) is 3.04. The minimum absolute atomic E-state index is 0.141. The Kier molecular flexibility index (Phi) is 3.64. The molecule has 1 N–H and O–H groups in total. The van der Waals surface area contributed by atoms with Crippen molar-refractivity contribution in [3.63, 3.8) is 0 Å². The zero-order chi connectivity index (χ0) is 15.9. The van der Waals surface area contributed by atoms with Crippen LogP contribution in [0.2, 0.25) is 0 Å². The molecule has 1 fully saturated rings. The minimum atomic E-state index is -0.318. The lowest BCUT2D eigenvalue weighted by molar-refractivity contribution is 0.138. The fourth-order valence-corrected chi connectivity index (χ4v) is 4.13. The van der Waals surface area contributed by atoms with Gasteiger partial charge in [-0.1, -0.05) is 52.3 Å². The first kappa shape index (κ1) is 14.8. The van der Waals surface area contributed by atoms with Gasteiger partial charge in [0.15, 0.2) is 0 Å². The molecule has 0 heterocycles. The summed E-state index contributed by atoms with van der Waals surface area (Å²) in [5.41, 5.74) is 3.95. The maximum Gasteiger partial charge on any atom is 0.407 e. The molecule has 0 saturated heterocycles. The zero-order valence-corrected chi connectivity index (χ0v) is 14.3. The van der Waals surface area contributed by atoms with Crippen LogP contribution in [0.25, 0.3) is 0 Å². The average Bonchev–Trinajstić information content (AvgIpc) is 3.12. The Balaban J connectivity index is 1.36. The minimum Gasteiger partial charge on any atom is -0.445 e. The molecule has 118 valence electrons. The summed E-state index contributed by atoms with van der Waals surface area (Å²) in [6.45, 7) is 0.315. The molecule has 1 spiro atoms. The Morgan fingerprint density at radius 1 is 1.26 bits per heavy atom. The third-order valence-corrected chi connectivity index (χ3v) is 5.52. The van der Waals surface area contributed by atoms with Crippen molar-refractivity contribution in [2.45, 2.75) is 37.3 Å². The van der Waals surface area contributed by atoms with E-state index in [2.05, 4.69) is 39.4 Å². The zero-order valence-electron chi connectivity index (χ0n) is 12.7. The van der Waals surface area contributed by atoms with E-state index in [1.165, 1.54) is 11.1 Å². The summed E-state index contributed by atoms with van der Waals surface area (Å²) in [6.07, 6.45) is 2.90. The van der Waals surface area contributed by atoms with Crippen LogP contribution in [-0.4, -0.2) is 12.1 Å². The number of nitrogens with one attached hydrogen (secondary N) is 1. The Labute approximate surface area is 144 Å². The molecule has 0 aliphatic heterocycles. The lowest BCUT2D eigenvalue weighted by Crippen LogP contribution is -2.31. The van der Waals surface area contributed by atoms with E-state index in [9.17, 15) is 4.79 Å². The van der Waals surface area contributed by atoms with Gasteiger partial charge in [0, 0.05) is 15.9 Å². The van der Waals surface area contributed by atoms with Gasteiger partial charge in [0.2, 0.25) is 0 Å². The van der Waals surface area contributed by atoms with Gasteiger partial charge < -0.3 is 10.1 Å². The number of hydrogen-bond acceptors (Lipinski definition) is 2. The van der Waals surface area contributed by atoms with E-state index in [1.807, 2.05) is 30.3 Å². The quantitative estimate of drug-likeness (QED) is 0.871. The van der Waals surface area contributed by atoms with E-state index in [1.54, 1.807) is 0 Å². The summed E-state index contributed by atoms with van der Waals surface area (Å²) >= 11 is 3.53. The largest absolute Gasteiger partial charge is 0.445 e. The summed E-state index contributed by atoms with van der Waals surface area (Å²) in [4.78, 5) is 12.0. The lowest BCUT2D eigenvalue weighted by atomic mass is 9.97. The monoisotopic (exact) mass is 371 g/mol. The maximum absolute atomic E-state index is 12.0. The smallest absolute Gasteiger partial charge is 0.407 e. The second kappa shape index (κ2) is 5.68. The molecule has 2 unspecified atom stereocenters. The normalized spacial score (nSPS) is 24.3. The predicted molar refractivity (Wildman–Crippen MR) is 92.3 cm³/mol. The standard InChI is InChI=1S/C19H18BrNO2/c20-15-6-7-16-14(10-15)8-9-19(16)11-17(19)21-18(22)23-12-13-4-2-1-3-5-13/h1-7,10,17H,8-9,11-12H2,(H,21,22). The second-order valence-electron chi connectivity index (χ2n) is 6.42. The summed E-state index contributed by atoms with van der Waals surface area (Å²) in [6, 6.07) is 16.4. The molecule has 2 aromatic carbocycles. The highest BCUT2D eigenvalue weighted by Crippen LogP contribution is 2.57. The van der Waals surface area contributed by atoms with Gasteiger partial charge in [-0.25, -0.2) is 4.79 Å². The Bertz CT molecular complexity index is 746. The number of aryl methyl sites for hydroxylation is 1. The van der Waals surface area contributed by atoms with Crippen LogP contribution >= 0.6 is 15.9 Å². The van der Waals surface area contributed by atoms with Crippen LogP contribution in [0.3, 0.4) is 0 Å². The van der Waals surface area contributed by atoms with Crippen LogP contribution in [0, 0.1) is 0 Å². The van der Waals surface area contributed by atoms with Crippen LogP contribution in [0.4, 0.5) is 4.79 Å². The van der Waals surface area contributed by atoms with Crippen LogP contribution < -0.4 is 5.32 Å². The van der Waals surface area contributed by atoms with Gasteiger partial charge in [0.25, 0.3) is 0 Å². The number of amides is 1. The first-order chi connectivity index (χ1) is 11.2. The lowest BCUT2D eigenvalue weighted by Gasteiger charge is -2.13. The van der Waals surface area contributed by atoms with Crippen LogP contribution in [0.1, 0.15) is 29.5 Å². The third kappa shape index (κ3) is 2.76. The van der Waals surface area contributed by atoms with Crippen molar-refractivity contribution < 1.29 is 9.53 Å². The molecule has 4 heteroatoms. The number of fused-ring (bicyclic) bond motifs is 2. The van der Waals surface area contributed by atoms with E-state index in [-0.39, 0.29) is 17.6 Å². The molecule has 2 aliphatic rings. The van der Waals surface area contributed by atoms with Gasteiger partial charge in [-0.2, -0.15) is 0 Å². The topological polar surface area (TPSA) is 38.3 Å². The van der Waals surface area contributed by atoms with Gasteiger partial charge >= 0.3 is 6.09 Å². The fraction of sp³-hybridized carbons (Fsp3) is 0.316. The molecule has 2 aromatic rings. The van der Waals surface area contributed by atoms with Gasteiger partial charge in [-0.05, 0) is 48.1 Å². The van der Waals surface area contributed by atoms with Crippen molar-refractivity contribution in [2.75, 3.05) is 0 Å². The number of carbonyl (C=O) groups excluding carboxylic acids is 1. The van der Waals surface area contributed by atoms with Crippen molar-refractivity contribution in [1.29, 1.82) is 0 Å². The van der Waals surface area contributed by atoms with Gasteiger partial charge in [-0.3, -0.25) is 0 Å². The van der Waals surface area contributed by atoms with Crippen LogP contribution in [-0.2, 0) is 23.2 Å². The predicted octanol–water partition coefficient (Wildman–Crippen LogP) is 4.33. The van der Waals surface area contributed by atoms with Gasteiger partial charge in [-0.15, -0.1) is 0 Å². The molecular weight excluding hydrogens is 354 g/mol. The number of carbonyl (C=O) groups is 1. The number of hydrogen-bond donors (Lipinski definition) is 1. The Morgan fingerprint density at radius 3 is 2.91 bits per heavy atom. The van der Waals surface area contributed by atoms with E-state index < -0.39 is 0 Å². The number of rotatable bonds is 3. The number of benzene rings is 2. The highest BCUT2D eigenvalue weighted by molar-refractivity contribution is 9.10. The van der Waals surface area contributed by atoms with E-state index in [0.29, 0.717) is 6.61 Å². The molecule has 23 heavy (non-hydrogen) atoms. The molecule has 0 bridgehead atoms. The third-order valence-electron chi connectivity index (χ3n) is 5.02. The molecule has 0 radical (unpaired) electrons. The molecule has 0 aromatic heterocycles. The molecule has 2 atom stereocenters. The van der Waals surface area contributed by atoms with Crippen molar-refractivity contribution in [1.82, 2.24) is 5.32 Å². The summed E-state index contributed by atoms with van der Waals surface area (Å²) in [7, 11) is 0. The highest BCUT2D eigenvalue weighted by atomic mass is 79.9. The molecule has 3 nitrogen and oxygen atoms in total. The van der Waals surface area contributed by atoms with Gasteiger partial charge in [0.05, 0.1) is 0 Å². The van der Waals surface area contributed by atoms with E-state index in [0.717, 1.165) is 29.3 Å². The number of alkyl carbamates (subject to hydrolysis) is 1. The summed E-state index contributed by atoms with van der Waals surface area (Å²) < 4.78 is 6.46. The Hall–Kier alpha value is -1.81. The van der Waals surface area contributed by atoms with Gasteiger partial charge in [0.1, 0.15) is 6.61 Å². The van der Waals surface area contributed by atoms with E-state index >= 15 is 0 Å². The molecule has 1 saturated carbocycles. The van der Waals surface area contributed by atoms with Crippen molar-refractivity contribution in [3.8, 4) is 0 Å². The fourth-order valence-electron chi connectivity index (χ4n) is 3.72. The van der Waals surface area contributed by atoms with Crippen molar-refractivity contribution in [2.24, 2.45) is 0 Å². The molecule has 4 rings (SSSR count). The van der Waals surface area contributed by atoms with Crippen LogP contribution in [0.5, 0.6) is 0 Å².